The molecule has 104 valence electrons. The third-order valence-corrected chi connectivity index (χ3v) is 4.66. The van der Waals surface area contributed by atoms with Crippen LogP contribution in [-0.4, -0.2) is 33.1 Å². The SMILES string of the molecule is CCSC1CCCC1Nc1cc(C(=O)O)c(N)cn1. The van der Waals surface area contributed by atoms with E-state index in [0.29, 0.717) is 17.1 Å². The van der Waals surface area contributed by atoms with E-state index in [0.717, 1.165) is 12.2 Å². The molecule has 2 unspecified atom stereocenters. The average Bonchev–Trinajstić information content (AvgIpc) is 2.79. The molecular formula is C13H19N3O2S. The highest BCUT2D eigenvalue weighted by molar-refractivity contribution is 7.99. The number of nitrogens with one attached hydrogen (secondary N) is 1. The van der Waals surface area contributed by atoms with Gasteiger partial charge >= 0.3 is 5.97 Å². The first kappa shape index (κ1) is 14.0. The minimum absolute atomic E-state index is 0.107. The molecule has 1 heterocycles. The highest BCUT2D eigenvalue weighted by Crippen LogP contribution is 2.32. The first-order valence-electron chi connectivity index (χ1n) is 6.48. The van der Waals surface area contributed by atoms with Crippen molar-refractivity contribution in [2.75, 3.05) is 16.8 Å². The third-order valence-electron chi connectivity index (χ3n) is 3.33. The van der Waals surface area contributed by atoms with Gasteiger partial charge in [-0.25, -0.2) is 9.78 Å². The van der Waals surface area contributed by atoms with Gasteiger partial charge in [-0.1, -0.05) is 13.3 Å². The quantitative estimate of drug-likeness (QED) is 0.768. The Morgan fingerprint density at radius 2 is 2.42 bits per heavy atom. The van der Waals surface area contributed by atoms with Crippen LogP contribution in [0.25, 0.3) is 0 Å². The van der Waals surface area contributed by atoms with Gasteiger partial charge in [0.1, 0.15) is 5.82 Å². The van der Waals surface area contributed by atoms with Crippen molar-refractivity contribution in [3.8, 4) is 0 Å². The van der Waals surface area contributed by atoms with Crippen LogP contribution in [0.4, 0.5) is 11.5 Å². The van der Waals surface area contributed by atoms with Gasteiger partial charge in [-0.15, -0.1) is 0 Å². The highest BCUT2D eigenvalue weighted by Gasteiger charge is 2.27. The van der Waals surface area contributed by atoms with Gasteiger partial charge in [0.25, 0.3) is 0 Å². The molecule has 0 spiro atoms. The predicted molar refractivity (Wildman–Crippen MR) is 78.8 cm³/mol. The van der Waals surface area contributed by atoms with Crippen LogP contribution in [0.15, 0.2) is 12.3 Å². The molecule has 4 N–H and O–H groups in total. The summed E-state index contributed by atoms with van der Waals surface area (Å²) in [7, 11) is 0. The molecule has 2 rings (SSSR count). The van der Waals surface area contributed by atoms with Crippen molar-refractivity contribution in [1.82, 2.24) is 4.98 Å². The first-order chi connectivity index (χ1) is 9.11. The lowest BCUT2D eigenvalue weighted by Gasteiger charge is -2.21. The third kappa shape index (κ3) is 3.32. The number of nitrogen functional groups attached to an aromatic ring is 1. The number of aromatic nitrogens is 1. The molecule has 1 aliphatic rings. The van der Waals surface area contributed by atoms with E-state index in [1.165, 1.54) is 25.1 Å². The zero-order valence-corrected chi connectivity index (χ0v) is 11.7. The molecule has 0 bridgehead atoms. The van der Waals surface area contributed by atoms with E-state index in [1.54, 1.807) is 0 Å². The second-order valence-electron chi connectivity index (χ2n) is 4.64. The van der Waals surface area contributed by atoms with E-state index in [9.17, 15) is 4.79 Å². The van der Waals surface area contributed by atoms with Crippen LogP contribution in [-0.2, 0) is 0 Å². The Morgan fingerprint density at radius 3 is 3.11 bits per heavy atom. The predicted octanol–water partition coefficient (Wildman–Crippen LogP) is 2.45. The molecule has 2 atom stereocenters. The molecule has 1 fully saturated rings. The second-order valence-corrected chi connectivity index (χ2v) is 6.15. The summed E-state index contributed by atoms with van der Waals surface area (Å²) in [6.07, 6.45) is 4.92. The minimum Gasteiger partial charge on any atom is -0.478 e. The standard InChI is InChI=1S/C13H19N3O2S/c1-2-19-11-5-3-4-10(11)16-12-6-8(13(17)18)9(14)7-15-12/h6-7,10-11H,2-5,14H2,1H3,(H,15,16)(H,17,18). The number of carboxylic acid groups (broad SMARTS) is 1. The maximum Gasteiger partial charge on any atom is 0.337 e. The van der Waals surface area contributed by atoms with Crippen LogP contribution >= 0.6 is 11.8 Å². The van der Waals surface area contributed by atoms with Gasteiger partial charge in [0.15, 0.2) is 0 Å². The summed E-state index contributed by atoms with van der Waals surface area (Å²) in [5.74, 6) is 0.673. The average molecular weight is 281 g/mol. The van der Waals surface area contributed by atoms with Crippen LogP contribution < -0.4 is 11.1 Å². The number of rotatable bonds is 5. The molecular weight excluding hydrogens is 262 g/mol. The largest absolute Gasteiger partial charge is 0.478 e. The van der Waals surface area contributed by atoms with Gasteiger partial charge in [0.2, 0.25) is 0 Å². The Bertz CT molecular complexity index is 467. The van der Waals surface area contributed by atoms with E-state index in [1.807, 2.05) is 11.8 Å². The summed E-state index contributed by atoms with van der Waals surface area (Å²) in [5.41, 5.74) is 5.90. The smallest absolute Gasteiger partial charge is 0.337 e. The number of nitrogens with zero attached hydrogens (tertiary/aromatic N) is 1. The number of pyridine rings is 1. The molecule has 5 nitrogen and oxygen atoms in total. The normalized spacial score (nSPS) is 22.4. The topological polar surface area (TPSA) is 88.2 Å². The second kappa shape index (κ2) is 6.14. The number of thioether (sulfide) groups is 1. The van der Waals surface area contributed by atoms with Crippen LogP contribution in [0.3, 0.4) is 0 Å². The van der Waals surface area contributed by atoms with E-state index in [4.69, 9.17) is 10.8 Å². The molecule has 0 saturated heterocycles. The van der Waals surface area contributed by atoms with Crippen molar-refractivity contribution in [1.29, 1.82) is 0 Å². The molecule has 19 heavy (non-hydrogen) atoms. The maximum atomic E-state index is 11.0. The lowest BCUT2D eigenvalue weighted by atomic mass is 10.2. The molecule has 1 aromatic rings. The van der Waals surface area contributed by atoms with Gasteiger partial charge in [-0.2, -0.15) is 11.8 Å². The number of aromatic carboxylic acids is 1. The van der Waals surface area contributed by atoms with Crippen molar-refractivity contribution in [3.63, 3.8) is 0 Å². The minimum atomic E-state index is -1.02. The molecule has 1 aromatic heterocycles. The van der Waals surface area contributed by atoms with Crippen LogP contribution in [0.1, 0.15) is 36.5 Å². The van der Waals surface area contributed by atoms with Crippen molar-refractivity contribution in [2.24, 2.45) is 0 Å². The van der Waals surface area contributed by atoms with Crippen LogP contribution in [0.2, 0.25) is 0 Å². The van der Waals surface area contributed by atoms with Crippen molar-refractivity contribution in [3.05, 3.63) is 17.8 Å². The van der Waals surface area contributed by atoms with Crippen LogP contribution in [0.5, 0.6) is 0 Å². The Morgan fingerprint density at radius 1 is 1.63 bits per heavy atom. The molecule has 0 aromatic carbocycles. The summed E-state index contributed by atoms with van der Waals surface area (Å²) in [4.78, 5) is 15.2. The van der Waals surface area contributed by atoms with Crippen molar-refractivity contribution >= 4 is 29.2 Å². The highest BCUT2D eigenvalue weighted by atomic mass is 32.2. The summed E-state index contributed by atoms with van der Waals surface area (Å²) in [5, 5.41) is 13.0. The van der Waals surface area contributed by atoms with Gasteiger partial charge < -0.3 is 16.2 Å². The molecule has 1 aliphatic carbocycles. The van der Waals surface area contributed by atoms with Crippen molar-refractivity contribution < 1.29 is 9.90 Å². The maximum absolute atomic E-state index is 11.0. The number of hydrogen-bond acceptors (Lipinski definition) is 5. The summed E-state index contributed by atoms with van der Waals surface area (Å²) in [6, 6.07) is 1.88. The van der Waals surface area contributed by atoms with Crippen molar-refractivity contribution in [2.45, 2.75) is 37.5 Å². The molecule has 1 saturated carbocycles. The molecule has 0 amide bonds. The summed E-state index contributed by atoms with van der Waals surface area (Å²) in [6.45, 7) is 2.16. The van der Waals surface area contributed by atoms with E-state index >= 15 is 0 Å². The van der Waals surface area contributed by atoms with Gasteiger partial charge in [0, 0.05) is 11.3 Å². The van der Waals surface area contributed by atoms with Gasteiger partial charge in [-0.05, 0) is 24.7 Å². The van der Waals surface area contributed by atoms with E-state index < -0.39 is 5.97 Å². The lowest BCUT2D eigenvalue weighted by Crippen LogP contribution is -2.26. The Balaban J connectivity index is 2.10. The molecule has 0 radical (unpaired) electrons. The summed E-state index contributed by atoms with van der Waals surface area (Å²) < 4.78 is 0. The number of carboxylic acids is 1. The molecule has 6 heteroatoms. The zero-order chi connectivity index (χ0) is 13.8. The number of carbonyl (C=O) groups is 1. The lowest BCUT2D eigenvalue weighted by molar-refractivity contribution is 0.0698. The Hall–Kier alpha value is -1.43. The fourth-order valence-electron chi connectivity index (χ4n) is 2.42. The fourth-order valence-corrected chi connectivity index (χ4v) is 3.62. The van der Waals surface area contributed by atoms with E-state index in [-0.39, 0.29) is 11.3 Å². The summed E-state index contributed by atoms with van der Waals surface area (Å²) >= 11 is 1.95. The Labute approximate surface area is 117 Å². The van der Waals surface area contributed by atoms with Gasteiger partial charge in [0.05, 0.1) is 17.4 Å². The number of anilines is 2. The van der Waals surface area contributed by atoms with E-state index in [2.05, 4.69) is 17.2 Å². The molecule has 0 aliphatic heterocycles. The Kier molecular flexibility index (Phi) is 4.52. The fraction of sp³-hybridized carbons (Fsp3) is 0.538. The monoisotopic (exact) mass is 281 g/mol. The number of nitrogens with two attached hydrogens (primary N) is 1. The first-order valence-corrected chi connectivity index (χ1v) is 7.53. The van der Waals surface area contributed by atoms with Gasteiger partial charge in [-0.3, -0.25) is 0 Å². The van der Waals surface area contributed by atoms with Crippen LogP contribution in [0, 0.1) is 0 Å². The number of hydrogen-bond donors (Lipinski definition) is 3. The zero-order valence-electron chi connectivity index (χ0n) is 10.9.